The van der Waals surface area contributed by atoms with Crippen LogP contribution >= 0.6 is 0 Å². The van der Waals surface area contributed by atoms with E-state index in [9.17, 15) is 16.8 Å². The van der Waals surface area contributed by atoms with Crippen LogP contribution in [0, 0.1) is 6.92 Å². The lowest BCUT2D eigenvalue weighted by molar-refractivity contribution is 0.480. The Labute approximate surface area is 133 Å². The van der Waals surface area contributed by atoms with Gasteiger partial charge in [0.15, 0.2) is 0 Å². The van der Waals surface area contributed by atoms with Gasteiger partial charge in [0, 0.05) is 0 Å². The Balaban J connectivity index is 2.31. The van der Waals surface area contributed by atoms with Gasteiger partial charge in [0.05, 0.1) is 21.2 Å². The van der Waals surface area contributed by atoms with Crippen molar-refractivity contribution in [3.63, 3.8) is 0 Å². The molecule has 2 aromatic carbocycles. The summed E-state index contributed by atoms with van der Waals surface area (Å²) >= 11 is 0. The average molecular weight is 356 g/mol. The Morgan fingerprint density at radius 3 is 1.83 bits per heavy atom. The second-order valence-corrected chi connectivity index (χ2v) is 7.41. The first-order chi connectivity index (χ1) is 10.6. The number of rotatable bonds is 4. The third-order valence-corrected chi connectivity index (χ3v) is 4.73. The average Bonchev–Trinajstić information content (AvgIpc) is 2.44. The van der Waals surface area contributed by atoms with E-state index in [1.165, 1.54) is 37.3 Å². The number of aryl methyl sites for hydroxylation is 1. The second kappa shape index (κ2) is 6.16. The van der Waals surface area contributed by atoms with Gasteiger partial charge in [0.25, 0.3) is 20.2 Å². The van der Waals surface area contributed by atoms with Gasteiger partial charge in [-0.25, -0.2) is 0 Å². The van der Waals surface area contributed by atoms with E-state index in [-0.39, 0.29) is 15.5 Å². The summed E-state index contributed by atoms with van der Waals surface area (Å²) in [6.07, 6.45) is 0. The van der Waals surface area contributed by atoms with Crippen LogP contribution < -0.4 is 0 Å². The van der Waals surface area contributed by atoms with E-state index in [0.717, 1.165) is 12.1 Å². The minimum atomic E-state index is -4.36. The lowest BCUT2D eigenvalue weighted by atomic mass is 10.2. The molecule has 0 saturated carbocycles. The quantitative estimate of drug-likeness (QED) is 0.639. The van der Waals surface area contributed by atoms with Crippen LogP contribution in [-0.4, -0.2) is 25.9 Å². The molecule has 0 radical (unpaired) electrons. The predicted octanol–water partition coefficient (Wildman–Crippen LogP) is 2.90. The van der Waals surface area contributed by atoms with Crippen molar-refractivity contribution in [3.05, 3.63) is 48.0 Å². The SMILES string of the molecule is Cc1ccc(/N=N/c2ccc(S(=O)(=O)O)cc2)cc1S(=O)(=O)O. The molecule has 0 aliphatic heterocycles. The summed E-state index contributed by atoms with van der Waals surface area (Å²) in [6.45, 7) is 1.53. The van der Waals surface area contributed by atoms with Gasteiger partial charge in [0.2, 0.25) is 0 Å². The van der Waals surface area contributed by atoms with Gasteiger partial charge in [-0.05, 0) is 48.9 Å². The largest absolute Gasteiger partial charge is 0.294 e. The topological polar surface area (TPSA) is 133 Å². The summed E-state index contributed by atoms with van der Waals surface area (Å²) < 4.78 is 62.2. The van der Waals surface area contributed by atoms with Crippen LogP contribution in [0.4, 0.5) is 11.4 Å². The monoisotopic (exact) mass is 356 g/mol. The summed E-state index contributed by atoms with van der Waals surface area (Å²) in [4.78, 5) is -0.545. The van der Waals surface area contributed by atoms with Gasteiger partial charge in [-0.3, -0.25) is 9.11 Å². The highest BCUT2D eigenvalue weighted by atomic mass is 32.2. The molecule has 2 rings (SSSR count). The first-order valence-corrected chi connectivity index (χ1v) is 9.03. The van der Waals surface area contributed by atoms with E-state index in [0.29, 0.717) is 11.3 Å². The van der Waals surface area contributed by atoms with E-state index in [2.05, 4.69) is 10.2 Å². The highest BCUT2D eigenvalue weighted by Crippen LogP contribution is 2.24. The molecular weight excluding hydrogens is 344 g/mol. The molecule has 0 amide bonds. The fourth-order valence-electron chi connectivity index (χ4n) is 1.73. The molecule has 0 saturated heterocycles. The van der Waals surface area contributed by atoms with Crippen molar-refractivity contribution < 1.29 is 25.9 Å². The Hall–Kier alpha value is -2.14. The number of nitrogens with zero attached hydrogens (tertiary/aromatic N) is 2. The lowest BCUT2D eigenvalue weighted by Gasteiger charge is -2.02. The van der Waals surface area contributed by atoms with Crippen LogP contribution in [0.15, 0.2) is 62.5 Å². The van der Waals surface area contributed by atoms with Crippen LogP contribution in [0.3, 0.4) is 0 Å². The summed E-state index contributed by atoms with van der Waals surface area (Å²) in [5.41, 5.74) is 0.859. The zero-order valence-electron chi connectivity index (χ0n) is 11.8. The molecule has 0 spiro atoms. The van der Waals surface area contributed by atoms with Crippen LogP contribution in [0.1, 0.15) is 5.56 Å². The maximum Gasteiger partial charge on any atom is 0.294 e. The minimum Gasteiger partial charge on any atom is -0.282 e. The molecule has 0 aliphatic carbocycles. The van der Waals surface area contributed by atoms with Gasteiger partial charge < -0.3 is 0 Å². The van der Waals surface area contributed by atoms with Gasteiger partial charge in [-0.2, -0.15) is 27.1 Å². The van der Waals surface area contributed by atoms with Crippen molar-refractivity contribution >= 4 is 31.6 Å². The van der Waals surface area contributed by atoms with Crippen LogP contribution in [0.2, 0.25) is 0 Å². The zero-order chi connectivity index (χ0) is 17.3. The lowest BCUT2D eigenvalue weighted by Crippen LogP contribution is -2.00. The molecule has 0 bridgehead atoms. The first kappa shape index (κ1) is 17.2. The molecule has 0 aliphatic rings. The normalized spacial score (nSPS) is 12.7. The van der Waals surface area contributed by atoms with Gasteiger partial charge in [0.1, 0.15) is 0 Å². The molecule has 122 valence electrons. The summed E-state index contributed by atoms with van der Waals surface area (Å²) in [5.74, 6) is 0. The number of hydrogen-bond acceptors (Lipinski definition) is 6. The van der Waals surface area contributed by atoms with Crippen molar-refractivity contribution in [2.45, 2.75) is 16.7 Å². The van der Waals surface area contributed by atoms with E-state index in [1.807, 2.05) is 0 Å². The summed E-state index contributed by atoms with van der Waals surface area (Å²) in [7, 11) is -8.64. The van der Waals surface area contributed by atoms with E-state index in [4.69, 9.17) is 9.11 Å². The summed E-state index contributed by atoms with van der Waals surface area (Å²) in [5, 5.41) is 7.65. The van der Waals surface area contributed by atoms with Crippen molar-refractivity contribution in [2.24, 2.45) is 10.2 Å². The molecular formula is C13H12N2O6S2. The standard InChI is InChI=1S/C13H12N2O6S2/c1-9-2-3-11(8-13(9)23(19,20)21)15-14-10-4-6-12(7-5-10)22(16,17)18/h2-8H,1H3,(H,16,17,18)(H,19,20,21)/b15-14+. The summed E-state index contributed by atoms with van der Waals surface area (Å²) in [6, 6.07) is 9.11. The molecule has 0 fully saturated rings. The predicted molar refractivity (Wildman–Crippen MR) is 81.4 cm³/mol. The van der Waals surface area contributed by atoms with Crippen LogP contribution in [-0.2, 0) is 20.2 Å². The van der Waals surface area contributed by atoms with Crippen molar-refractivity contribution in [1.29, 1.82) is 0 Å². The Kier molecular flexibility index (Phi) is 4.61. The van der Waals surface area contributed by atoms with Crippen LogP contribution in [0.25, 0.3) is 0 Å². The third kappa shape index (κ3) is 4.42. The Bertz CT molecular complexity index is 964. The number of azo groups is 1. The Morgan fingerprint density at radius 1 is 0.783 bits per heavy atom. The number of hydrogen-bond donors (Lipinski definition) is 2. The smallest absolute Gasteiger partial charge is 0.282 e. The van der Waals surface area contributed by atoms with Crippen LogP contribution in [0.5, 0.6) is 0 Å². The van der Waals surface area contributed by atoms with Gasteiger partial charge >= 0.3 is 0 Å². The highest BCUT2D eigenvalue weighted by molar-refractivity contribution is 7.86. The first-order valence-electron chi connectivity index (χ1n) is 6.15. The van der Waals surface area contributed by atoms with E-state index in [1.54, 1.807) is 0 Å². The molecule has 8 nitrogen and oxygen atoms in total. The molecule has 10 heteroatoms. The molecule has 0 aromatic heterocycles. The number of benzene rings is 2. The van der Waals surface area contributed by atoms with Crippen molar-refractivity contribution in [3.8, 4) is 0 Å². The second-order valence-electron chi connectivity index (χ2n) is 4.59. The minimum absolute atomic E-state index is 0.196. The van der Waals surface area contributed by atoms with Crippen molar-refractivity contribution in [1.82, 2.24) is 0 Å². The van der Waals surface area contributed by atoms with E-state index >= 15 is 0 Å². The molecule has 2 aromatic rings. The Morgan fingerprint density at radius 2 is 1.30 bits per heavy atom. The van der Waals surface area contributed by atoms with Gasteiger partial charge in [-0.15, -0.1) is 0 Å². The molecule has 0 atom stereocenters. The zero-order valence-corrected chi connectivity index (χ0v) is 13.4. The third-order valence-electron chi connectivity index (χ3n) is 2.87. The fraction of sp³-hybridized carbons (Fsp3) is 0.0769. The van der Waals surface area contributed by atoms with Crippen molar-refractivity contribution in [2.75, 3.05) is 0 Å². The highest BCUT2D eigenvalue weighted by Gasteiger charge is 2.13. The van der Waals surface area contributed by atoms with Gasteiger partial charge in [-0.1, -0.05) is 6.07 Å². The van der Waals surface area contributed by atoms with E-state index < -0.39 is 20.2 Å². The fourth-order valence-corrected chi connectivity index (χ4v) is 2.95. The molecule has 0 heterocycles. The molecule has 0 unspecified atom stereocenters. The molecule has 23 heavy (non-hydrogen) atoms. The molecule has 2 N–H and O–H groups in total. The maximum absolute atomic E-state index is 11.2. The maximum atomic E-state index is 11.2.